The van der Waals surface area contributed by atoms with Gasteiger partial charge in [-0.3, -0.25) is 4.79 Å². The van der Waals surface area contributed by atoms with Gasteiger partial charge in [-0.05, 0) is 13.0 Å². The zero-order valence-electron chi connectivity index (χ0n) is 6.44. The molecule has 0 saturated carbocycles. The lowest BCUT2D eigenvalue weighted by atomic mass is 10.1. The first-order valence-electron chi connectivity index (χ1n) is 3.36. The molecule has 1 N–H and O–H groups in total. The van der Waals surface area contributed by atoms with Crippen molar-refractivity contribution in [3.63, 3.8) is 0 Å². The van der Waals surface area contributed by atoms with Crippen LogP contribution in [0.25, 0.3) is 0 Å². The van der Waals surface area contributed by atoms with E-state index in [4.69, 9.17) is 10.4 Å². The molecule has 0 spiro atoms. The number of hydrogen-bond donors (Lipinski definition) is 1. The van der Waals surface area contributed by atoms with Crippen molar-refractivity contribution in [2.45, 2.75) is 12.8 Å². The van der Waals surface area contributed by atoms with Crippen molar-refractivity contribution in [2.75, 3.05) is 0 Å². The minimum Gasteiger partial charge on any atom is -0.481 e. The molecule has 0 aromatic carbocycles. The molecule has 1 aromatic heterocycles. The molecule has 62 valence electrons. The van der Waals surface area contributed by atoms with Gasteiger partial charge in [0, 0.05) is 10.3 Å². The molecular weight excluding hydrogens is 174 g/mol. The summed E-state index contributed by atoms with van der Waals surface area (Å²) < 4.78 is 0. The predicted molar refractivity (Wildman–Crippen MR) is 45.1 cm³/mol. The van der Waals surface area contributed by atoms with Crippen molar-refractivity contribution in [3.8, 4) is 6.07 Å². The van der Waals surface area contributed by atoms with E-state index in [1.54, 1.807) is 18.4 Å². The Kier molecular flexibility index (Phi) is 2.46. The van der Waals surface area contributed by atoms with E-state index in [1.807, 2.05) is 6.07 Å². The standard InChI is InChI=1S/C8H7NO2S/c1-5(8(10)11)7-2-6(3-9)4-12-7/h2,4-5H,1H3,(H,10,11). The van der Waals surface area contributed by atoms with Crippen LogP contribution in [0.1, 0.15) is 23.3 Å². The number of carboxylic acid groups (broad SMARTS) is 1. The van der Waals surface area contributed by atoms with Crippen molar-refractivity contribution in [3.05, 3.63) is 21.9 Å². The molecule has 12 heavy (non-hydrogen) atoms. The SMILES string of the molecule is CC(C(=O)O)c1cc(C#N)cs1. The monoisotopic (exact) mass is 181 g/mol. The van der Waals surface area contributed by atoms with Crippen molar-refractivity contribution in [2.24, 2.45) is 0 Å². The second kappa shape index (κ2) is 3.37. The van der Waals surface area contributed by atoms with E-state index in [0.29, 0.717) is 5.56 Å². The summed E-state index contributed by atoms with van der Waals surface area (Å²) >= 11 is 1.31. The number of thiophene rings is 1. The van der Waals surface area contributed by atoms with Crippen LogP contribution in [0.3, 0.4) is 0 Å². The molecule has 0 fully saturated rings. The number of carboxylic acids is 1. The highest BCUT2D eigenvalue weighted by Crippen LogP contribution is 2.23. The van der Waals surface area contributed by atoms with Gasteiger partial charge in [0.2, 0.25) is 0 Å². The molecule has 0 aliphatic carbocycles. The van der Waals surface area contributed by atoms with Gasteiger partial charge in [0.05, 0.1) is 11.5 Å². The number of rotatable bonds is 2. The first-order valence-corrected chi connectivity index (χ1v) is 4.24. The molecule has 0 amide bonds. The molecule has 0 aliphatic rings. The third kappa shape index (κ3) is 1.63. The summed E-state index contributed by atoms with van der Waals surface area (Å²) in [5.74, 6) is -1.38. The summed E-state index contributed by atoms with van der Waals surface area (Å²) in [6.07, 6.45) is 0. The van der Waals surface area contributed by atoms with E-state index in [-0.39, 0.29) is 0 Å². The number of aliphatic carboxylic acids is 1. The van der Waals surface area contributed by atoms with Gasteiger partial charge in [0.1, 0.15) is 6.07 Å². The topological polar surface area (TPSA) is 61.1 Å². The van der Waals surface area contributed by atoms with Gasteiger partial charge in [0.15, 0.2) is 0 Å². The summed E-state index contributed by atoms with van der Waals surface area (Å²) in [7, 11) is 0. The van der Waals surface area contributed by atoms with Crippen LogP contribution in [-0.4, -0.2) is 11.1 Å². The van der Waals surface area contributed by atoms with Crippen LogP contribution < -0.4 is 0 Å². The van der Waals surface area contributed by atoms with Crippen LogP contribution in [0.4, 0.5) is 0 Å². The second-order valence-electron chi connectivity index (χ2n) is 2.41. The fourth-order valence-electron chi connectivity index (χ4n) is 0.760. The quantitative estimate of drug-likeness (QED) is 0.756. The zero-order valence-corrected chi connectivity index (χ0v) is 7.26. The van der Waals surface area contributed by atoms with E-state index in [0.717, 1.165) is 4.88 Å². The maximum absolute atomic E-state index is 10.5. The van der Waals surface area contributed by atoms with Crippen LogP contribution in [0.15, 0.2) is 11.4 Å². The Bertz CT molecular complexity index is 337. The molecule has 1 unspecified atom stereocenters. The van der Waals surface area contributed by atoms with Crippen molar-refractivity contribution in [1.29, 1.82) is 5.26 Å². The third-order valence-electron chi connectivity index (χ3n) is 1.55. The molecule has 1 heterocycles. The van der Waals surface area contributed by atoms with Gasteiger partial charge < -0.3 is 5.11 Å². The number of carbonyl (C=O) groups is 1. The highest BCUT2D eigenvalue weighted by atomic mass is 32.1. The zero-order chi connectivity index (χ0) is 9.14. The average Bonchev–Trinajstić information content (AvgIpc) is 2.50. The van der Waals surface area contributed by atoms with Crippen molar-refractivity contribution < 1.29 is 9.90 Å². The van der Waals surface area contributed by atoms with Gasteiger partial charge in [-0.1, -0.05) is 0 Å². The summed E-state index contributed by atoms with van der Waals surface area (Å²) in [6, 6.07) is 3.57. The van der Waals surface area contributed by atoms with E-state index < -0.39 is 11.9 Å². The summed E-state index contributed by atoms with van der Waals surface area (Å²) in [4.78, 5) is 11.2. The Hall–Kier alpha value is -1.34. The lowest BCUT2D eigenvalue weighted by Gasteiger charge is -1.99. The molecule has 1 aromatic rings. The summed E-state index contributed by atoms with van der Waals surface area (Å²) in [5, 5.41) is 18.8. The van der Waals surface area contributed by atoms with E-state index in [2.05, 4.69) is 0 Å². The van der Waals surface area contributed by atoms with Crippen LogP contribution in [0.5, 0.6) is 0 Å². The minimum atomic E-state index is -0.860. The van der Waals surface area contributed by atoms with Gasteiger partial charge in [-0.2, -0.15) is 5.26 Å². The smallest absolute Gasteiger partial charge is 0.311 e. The summed E-state index contributed by atoms with van der Waals surface area (Å²) in [5.41, 5.74) is 0.531. The van der Waals surface area contributed by atoms with Gasteiger partial charge >= 0.3 is 5.97 Å². The third-order valence-corrected chi connectivity index (χ3v) is 2.66. The maximum atomic E-state index is 10.5. The highest BCUT2D eigenvalue weighted by molar-refractivity contribution is 7.10. The maximum Gasteiger partial charge on any atom is 0.311 e. The fourth-order valence-corrected chi connectivity index (χ4v) is 1.64. The van der Waals surface area contributed by atoms with Gasteiger partial charge in [-0.25, -0.2) is 0 Å². The Morgan fingerprint density at radius 2 is 2.50 bits per heavy atom. The van der Waals surface area contributed by atoms with Gasteiger partial charge in [-0.15, -0.1) is 11.3 Å². The molecule has 1 atom stereocenters. The Morgan fingerprint density at radius 3 is 2.92 bits per heavy atom. The Morgan fingerprint density at radius 1 is 1.83 bits per heavy atom. The first kappa shape index (κ1) is 8.75. The van der Waals surface area contributed by atoms with Crippen LogP contribution in [-0.2, 0) is 4.79 Å². The fraction of sp³-hybridized carbons (Fsp3) is 0.250. The van der Waals surface area contributed by atoms with E-state index in [1.165, 1.54) is 11.3 Å². The number of hydrogen-bond acceptors (Lipinski definition) is 3. The molecular formula is C8H7NO2S. The first-order chi connectivity index (χ1) is 5.65. The van der Waals surface area contributed by atoms with Crippen LogP contribution in [0, 0.1) is 11.3 Å². The van der Waals surface area contributed by atoms with Crippen molar-refractivity contribution in [1.82, 2.24) is 0 Å². The molecule has 0 bridgehead atoms. The molecule has 1 rings (SSSR count). The molecule has 3 nitrogen and oxygen atoms in total. The van der Waals surface area contributed by atoms with E-state index in [9.17, 15) is 4.79 Å². The van der Waals surface area contributed by atoms with Crippen LogP contribution >= 0.6 is 11.3 Å². The lowest BCUT2D eigenvalue weighted by Crippen LogP contribution is -2.05. The van der Waals surface area contributed by atoms with Crippen LogP contribution in [0.2, 0.25) is 0 Å². The summed E-state index contributed by atoms with van der Waals surface area (Å²) in [6.45, 7) is 1.61. The molecule has 0 radical (unpaired) electrons. The normalized spacial score (nSPS) is 12.0. The predicted octanol–water partition coefficient (Wildman–Crippen LogP) is 1.81. The Labute approximate surface area is 73.9 Å². The largest absolute Gasteiger partial charge is 0.481 e. The van der Waals surface area contributed by atoms with Gasteiger partial charge in [0.25, 0.3) is 0 Å². The minimum absolute atomic E-state index is 0.517. The number of nitrogens with zero attached hydrogens (tertiary/aromatic N) is 1. The average molecular weight is 181 g/mol. The molecule has 4 heteroatoms. The Balaban J connectivity index is 2.90. The second-order valence-corrected chi connectivity index (χ2v) is 3.35. The van der Waals surface area contributed by atoms with Crippen molar-refractivity contribution >= 4 is 17.3 Å². The van der Waals surface area contributed by atoms with E-state index >= 15 is 0 Å². The lowest BCUT2D eigenvalue weighted by molar-refractivity contribution is -0.138. The number of nitriles is 1. The highest BCUT2D eigenvalue weighted by Gasteiger charge is 2.15. The molecule has 0 saturated heterocycles. The molecule has 0 aliphatic heterocycles.